The van der Waals surface area contributed by atoms with Crippen LogP contribution in [0.2, 0.25) is 0 Å². The summed E-state index contributed by atoms with van der Waals surface area (Å²) >= 11 is 0. The van der Waals surface area contributed by atoms with Gasteiger partial charge in [0.05, 0.1) is 0 Å². The van der Waals surface area contributed by atoms with E-state index in [1.165, 1.54) is 0 Å². The van der Waals surface area contributed by atoms with E-state index in [1.54, 1.807) is 0 Å². The second-order valence-corrected chi connectivity index (χ2v) is 0.677. The van der Waals surface area contributed by atoms with Gasteiger partial charge in [-0.3, -0.25) is 0 Å². The van der Waals surface area contributed by atoms with E-state index in [4.69, 9.17) is 4.65 Å². The predicted molar refractivity (Wildman–Crippen MR) is 16.3 cm³/mol. The van der Waals surface area contributed by atoms with Crippen molar-refractivity contribution in [2.75, 3.05) is 0 Å². The van der Waals surface area contributed by atoms with Gasteiger partial charge in [-0.25, -0.2) is 0 Å². The summed E-state index contributed by atoms with van der Waals surface area (Å²) < 4.78 is 12.6. The fraction of sp³-hybridized carbons (Fsp3) is 0.333. The molecule has 0 spiro atoms. The van der Waals surface area contributed by atoms with Crippen LogP contribution in [0.5, 0.6) is 0 Å². The quantitative estimate of drug-likeness (QED) is 0.306. The molecule has 0 aromatic heterocycles. The summed E-state index contributed by atoms with van der Waals surface area (Å²) in [6, 6.07) is 0. The van der Waals surface area contributed by atoms with E-state index in [0.29, 0.717) is 0 Å². The van der Waals surface area contributed by atoms with Gasteiger partial charge in [0, 0.05) is 0 Å². The maximum atomic E-state index is 9.56. The van der Waals surface area contributed by atoms with Gasteiger partial charge in [-0.1, -0.05) is 0 Å². The standard InChI is InChI=1S/C3H3O3/c1-3(5)6-2-4/h1H3/q+1. The van der Waals surface area contributed by atoms with Gasteiger partial charge in [-0.05, 0) is 0 Å². The van der Waals surface area contributed by atoms with Gasteiger partial charge in [0.1, 0.15) is 0 Å². The van der Waals surface area contributed by atoms with E-state index < -0.39 is 5.97 Å². The Morgan fingerprint density at radius 3 is 2.50 bits per heavy atom. The molecule has 0 unspecified atom stereocenters. The average molecular weight is 87.1 g/mol. The van der Waals surface area contributed by atoms with Gasteiger partial charge < -0.3 is 0 Å². The minimum absolute atomic E-state index is 0.634. The molecule has 0 aromatic carbocycles. The maximum absolute atomic E-state index is 9.56. The summed E-state index contributed by atoms with van der Waals surface area (Å²) in [5.41, 5.74) is 0. The first-order valence-electron chi connectivity index (χ1n) is 1.32. The Hall–Kier alpha value is -0.790. The molecule has 0 radical (unpaired) electrons. The molecule has 0 aromatic rings. The Kier molecular flexibility index (Phi) is 2.13. The molecule has 0 bridgehead atoms. The van der Waals surface area contributed by atoms with Crippen LogP contribution in [0.15, 0.2) is 0 Å². The summed E-state index contributed by atoms with van der Waals surface area (Å²) in [6.45, 7) is 1.13. The molecule has 0 aliphatic rings. The van der Waals surface area contributed by atoms with Gasteiger partial charge in [-0.2, -0.15) is 0 Å². The topological polar surface area (TPSA) is 46.2 Å². The van der Waals surface area contributed by atoms with E-state index in [1.807, 2.05) is 0 Å². The van der Waals surface area contributed by atoms with Crippen molar-refractivity contribution >= 4 is 5.97 Å². The fourth-order valence-electron chi connectivity index (χ4n) is 0.0587. The van der Waals surface area contributed by atoms with Crippen LogP contribution in [0.1, 0.15) is 6.92 Å². The van der Waals surface area contributed by atoms with Crippen LogP contribution in [0, 0.1) is 6.33 Å². The summed E-state index contributed by atoms with van der Waals surface area (Å²) in [7, 11) is 0. The van der Waals surface area contributed by atoms with Crippen molar-refractivity contribution in [1.82, 2.24) is 0 Å². The van der Waals surface area contributed by atoms with Crippen LogP contribution in [-0.4, -0.2) is 5.97 Å². The molecule has 6 heavy (non-hydrogen) atoms. The molecule has 0 saturated heterocycles. The molecule has 32 valence electrons. The first-order valence-corrected chi connectivity index (χ1v) is 1.32. The fourth-order valence-corrected chi connectivity index (χ4v) is 0.0587. The molecule has 0 aliphatic heterocycles. The van der Waals surface area contributed by atoms with E-state index in [0.717, 1.165) is 13.3 Å². The van der Waals surface area contributed by atoms with Crippen molar-refractivity contribution in [1.29, 1.82) is 0 Å². The van der Waals surface area contributed by atoms with E-state index in [9.17, 15) is 4.79 Å². The van der Waals surface area contributed by atoms with Crippen LogP contribution >= 0.6 is 0 Å². The normalized spacial score (nSPS) is 6.00. The molecular formula is C3H3O3+. The van der Waals surface area contributed by atoms with E-state index >= 15 is 0 Å². The summed E-state index contributed by atoms with van der Waals surface area (Å²) in [6.07, 6.45) is 0.968. The van der Waals surface area contributed by atoms with Gasteiger partial charge >= 0.3 is 33.4 Å². The van der Waals surface area contributed by atoms with E-state index in [-0.39, 0.29) is 0 Å². The average Bonchev–Trinajstić information content (AvgIpc) is 1.35. The molecule has 3 nitrogen and oxygen atoms in total. The van der Waals surface area contributed by atoms with Crippen LogP contribution < -0.4 is 0 Å². The zero-order valence-corrected chi connectivity index (χ0v) is 3.22. The Balaban J connectivity index is 3.13. The third-order valence-corrected chi connectivity index (χ3v) is 0.185. The zero-order chi connectivity index (χ0) is 4.99. The molecule has 0 heterocycles. The number of hydrogen-bond donors (Lipinski definition) is 0. The van der Waals surface area contributed by atoms with Crippen molar-refractivity contribution in [3.63, 3.8) is 0 Å². The number of hydrogen-bond acceptors (Lipinski definition) is 2. The van der Waals surface area contributed by atoms with Crippen LogP contribution in [-0.2, 0) is 14.2 Å². The van der Waals surface area contributed by atoms with E-state index in [2.05, 4.69) is 4.74 Å². The number of carbonyl (C=O) groups is 1. The third kappa shape index (κ3) is 3.21. The first kappa shape index (κ1) is 5.21. The van der Waals surface area contributed by atoms with Crippen molar-refractivity contribution in [3.05, 3.63) is 0 Å². The van der Waals surface area contributed by atoms with Gasteiger partial charge in [-0.15, -0.1) is 0 Å². The van der Waals surface area contributed by atoms with Crippen LogP contribution in [0.3, 0.4) is 0 Å². The Morgan fingerprint density at radius 1 is 2.00 bits per heavy atom. The third-order valence-electron chi connectivity index (χ3n) is 0.185. The molecule has 3 heteroatoms. The Morgan fingerprint density at radius 2 is 2.50 bits per heavy atom. The van der Waals surface area contributed by atoms with Crippen LogP contribution in [0.25, 0.3) is 0 Å². The number of ether oxygens (including phenoxy) is 1. The molecule has 0 fully saturated rings. The van der Waals surface area contributed by atoms with Gasteiger partial charge in [0.2, 0.25) is 0 Å². The molecular weight excluding hydrogens is 84.0 g/mol. The summed E-state index contributed by atoms with van der Waals surface area (Å²) in [5.74, 6) is -0.634. The number of rotatable bonds is 0. The zero-order valence-electron chi connectivity index (χ0n) is 3.22. The molecule has 0 saturated carbocycles. The van der Waals surface area contributed by atoms with Crippen molar-refractivity contribution < 1.29 is 14.2 Å². The molecule has 0 N–H and O–H groups in total. The van der Waals surface area contributed by atoms with Crippen LogP contribution in [0.4, 0.5) is 0 Å². The van der Waals surface area contributed by atoms with Crippen molar-refractivity contribution in [2.45, 2.75) is 6.92 Å². The molecule has 0 atom stereocenters. The second-order valence-electron chi connectivity index (χ2n) is 0.677. The van der Waals surface area contributed by atoms with Crippen molar-refractivity contribution in [2.24, 2.45) is 0 Å². The first-order chi connectivity index (χ1) is 2.77. The second kappa shape index (κ2) is 2.45. The van der Waals surface area contributed by atoms with Gasteiger partial charge in [0.25, 0.3) is 0 Å². The number of esters is 1. The number of carbonyl (C=O) groups excluding carboxylic acids is 1. The SMILES string of the molecule is CC(=O)OC#[O+]. The Bertz CT molecular complexity index is 88.7. The Labute approximate surface area is 34.6 Å². The van der Waals surface area contributed by atoms with Gasteiger partial charge in [0.15, 0.2) is 0 Å². The van der Waals surface area contributed by atoms with Crippen molar-refractivity contribution in [3.8, 4) is 6.33 Å². The molecule has 0 amide bonds. The summed E-state index contributed by atoms with van der Waals surface area (Å²) in [4.78, 5) is 9.56. The summed E-state index contributed by atoms with van der Waals surface area (Å²) in [5, 5.41) is 0. The molecule has 0 rings (SSSR count). The molecule has 0 aliphatic carbocycles. The minimum atomic E-state index is -0.634. The monoisotopic (exact) mass is 87.0 g/mol. The predicted octanol–water partition coefficient (Wildman–Crippen LogP) is -0.103.